The number of hydrogen-bond donors (Lipinski definition) is 1. The van der Waals surface area contributed by atoms with Crippen molar-refractivity contribution < 1.29 is 0 Å². The van der Waals surface area contributed by atoms with Crippen LogP contribution in [0.15, 0.2) is 47.1 Å². The summed E-state index contributed by atoms with van der Waals surface area (Å²) in [6.07, 6.45) is 2.63. The van der Waals surface area contributed by atoms with E-state index in [1.165, 1.54) is 0 Å². The molecule has 0 saturated heterocycles. The lowest BCUT2D eigenvalue weighted by atomic mass is 10.0. The SMILES string of the molecule is CNC(Cc1ccc(Br)cn1)c1ccccc1Cl. The van der Waals surface area contributed by atoms with Gasteiger partial charge >= 0.3 is 0 Å². The van der Waals surface area contributed by atoms with Gasteiger partial charge in [0, 0.05) is 33.8 Å². The molecule has 0 radical (unpaired) electrons. The Kier molecular flexibility index (Phi) is 4.75. The van der Waals surface area contributed by atoms with Crippen molar-refractivity contribution in [2.45, 2.75) is 12.5 Å². The molecule has 0 fully saturated rings. The van der Waals surface area contributed by atoms with E-state index in [-0.39, 0.29) is 6.04 Å². The van der Waals surface area contributed by atoms with Crippen molar-refractivity contribution in [1.82, 2.24) is 10.3 Å². The van der Waals surface area contributed by atoms with Crippen LogP contribution in [-0.2, 0) is 6.42 Å². The highest BCUT2D eigenvalue weighted by Gasteiger charge is 2.13. The summed E-state index contributed by atoms with van der Waals surface area (Å²) in [4.78, 5) is 4.39. The Hall–Kier alpha value is -0.900. The van der Waals surface area contributed by atoms with Crippen molar-refractivity contribution in [2.24, 2.45) is 0 Å². The lowest BCUT2D eigenvalue weighted by Gasteiger charge is -2.17. The summed E-state index contributed by atoms with van der Waals surface area (Å²) >= 11 is 9.61. The maximum absolute atomic E-state index is 6.22. The zero-order valence-electron chi connectivity index (χ0n) is 10.0. The Morgan fingerprint density at radius 2 is 2.06 bits per heavy atom. The Morgan fingerprint density at radius 1 is 1.28 bits per heavy atom. The predicted molar refractivity (Wildman–Crippen MR) is 78.9 cm³/mol. The Bertz CT molecular complexity index is 513. The number of likely N-dealkylation sites (N-methyl/N-ethyl adjacent to an activating group) is 1. The first-order valence-electron chi connectivity index (χ1n) is 5.73. The molecule has 0 spiro atoms. The van der Waals surface area contributed by atoms with E-state index in [4.69, 9.17) is 11.6 Å². The predicted octanol–water partition coefficient (Wildman–Crippen LogP) is 4.00. The molecule has 1 unspecified atom stereocenters. The van der Waals surface area contributed by atoms with Crippen LogP contribution in [0.3, 0.4) is 0 Å². The van der Waals surface area contributed by atoms with Crippen LogP contribution in [0.5, 0.6) is 0 Å². The van der Waals surface area contributed by atoms with Crippen LogP contribution >= 0.6 is 27.5 Å². The van der Waals surface area contributed by atoms with Gasteiger partial charge in [-0.3, -0.25) is 4.98 Å². The van der Waals surface area contributed by atoms with Crippen molar-refractivity contribution >= 4 is 27.5 Å². The molecule has 0 aliphatic rings. The molecule has 2 rings (SSSR count). The monoisotopic (exact) mass is 324 g/mol. The number of pyridine rings is 1. The first kappa shape index (κ1) is 13.5. The van der Waals surface area contributed by atoms with Crippen molar-refractivity contribution in [3.05, 3.63) is 63.3 Å². The maximum Gasteiger partial charge on any atom is 0.0453 e. The summed E-state index contributed by atoms with van der Waals surface area (Å²) in [6, 6.07) is 12.1. The third-order valence-corrected chi connectivity index (χ3v) is 3.64. The average molecular weight is 326 g/mol. The molecule has 2 aromatic rings. The zero-order chi connectivity index (χ0) is 13.0. The van der Waals surface area contributed by atoms with Crippen LogP contribution in [0.2, 0.25) is 5.02 Å². The molecule has 0 aliphatic heterocycles. The Morgan fingerprint density at radius 3 is 2.67 bits per heavy atom. The van der Waals surface area contributed by atoms with Crippen molar-refractivity contribution in [3.8, 4) is 0 Å². The van der Waals surface area contributed by atoms with E-state index in [9.17, 15) is 0 Å². The summed E-state index contributed by atoms with van der Waals surface area (Å²) < 4.78 is 0.991. The summed E-state index contributed by atoms with van der Waals surface area (Å²) in [5.41, 5.74) is 2.14. The van der Waals surface area contributed by atoms with Crippen LogP contribution in [0.1, 0.15) is 17.3 Å². The van der Waals surface area contributed by atoms with Crippen molar-refractivity contribution in [2.75, 3.05) is 7.05 Å². The molecule has 1 aromatic carbocycles. The van der Waals surface area contributed by atoms with Crippen LogP contribution in [-0.4, -0.2) is 12.0 Å². The van der Waals surface area contributed by atoms with Gasteiger partial charge in [0.2, 0.25) is 0 Å². The molecule has 1 atom stereocenters. The highest BCUT2D eigenvalue weighted by atomic mass is 79.9. The van der Waals surface area contributed by atoms with Gasteiger partial charge in [-0.15, -0.1) is 0 Å². The van der Waals surface area contributed by atoms with Crippen LogP contribution < -0.4 is 5.32 Å². The summed E-state index contributed by atoms with van der Waals surface area (Å²) in [7, 11) is 1.94. The number of rotatable bonds is 4. The minimum Gasteiger partial charge on any atom is -0.313 e. The molecule has 1 heterocycles. The summed E-state index contributed by atoms with van der Waals surface area (Å²) in [6.45, 7) is 0. The van der Waals surface area contributed by atoms with Crippen LogP contribution in [0, 0.1) is 0 Å². The van der Waals surface area contributed by atoms with Gasteiger partial charge in [-0.25, -0.2) is 0 Å². The van der Waals surface area contributed by atoms with Crippen LogP contribution in [0.25, 0.3) is 0 Å². The standard InChI is InChI=1S/C14H14BrClN2/c1-17-14(12-4-2-3-5-13(12)16)8-11-7-6-10(15)9-18-11/h2-7,9,14,17H,8H2,1H3. The van der Waals surface area contributed by atoms with E-state index in [2.05, 4.69) is 26.2 Å². The molecule has 0 bridgehead atoms. The van der Waals surface area contributed by atoms with E-state index in [1.54, 1.807) is 0 Å². The quantitative estimate of drug-likeness (QED) is 0.919. The lowest BCUT2D eigenvalue weighted by Crippen LogP contribution is -2.19. The van der Waals surface area contributed by atoms with E-state index in [1.807, 2.05) is 49.6 Å². The van der Waals surface area contributed by atoms with Gasteiger partial charge < -0.3 is 5.32 Å². The minimum atomic E-state index is 0.173. The number of nitrogens with one attached hydrogen (secondary N) is 1. The van der Waals surface area contributed by atoms with Gasteiger partial charge in [0.25, 0.3) is 0 Å². The largest absolute Gasteiger partial charge is 0.313 e. The third-order valence-electron chi connectivity index (χ3n) is 2.83. The third kappa shape index (κ3) is 3.31. The van der Waals surface area contributed by atoms with Crippen molar-refractivity contribution in [3.63, 3.8) is 0 Å². The fourth-order valence-electron chi connectivity index (χ4n) is 1.86. The molecule has 4 heteroatoms. The van der Waals surface area contributed by atoms with Gasteiger partial charge in [-0.05, 0) is 46.7 Å². The molecular weight excluding hydrogens is 312 g/mol. The van der Waals surface area contributed by atoms with E-state index >= 15 is 0 Å². The molecule has 0 saturated carbocycles. The topological polar surface area (TPSA) is 24.9 Å². The van der Waals surface area contributed by atoms with Crippen LogP contribution in [0.4, 0.5) is 0 Å². The number of halogens is 2. The first-order chi connectivity index (χ1) is 8.70. The second-order valence-corrected chi connectivity index (χ2v) is 5.36. The molecule has 0 amide bonds. The highest BCUT2D eigenvalue weighted by Crippen LogP contribution is 2.25. The summed E-state index contributed by atoms with van der Waals surface area (Å²) in [5.74, 6) is 0. The molecular formula is C14H14BrClN2. The van der Waals surface area contributed by atoms with Gasteiger partial charge in [-0.1, -0.05) is 29.8 Å². The lowest BCUT2D eigenvalue weighted by molar-refractivity contribution is 0.584. The normalized spacial score (nSPS) is 12.4. The fraction of sp³-hybridized carbons (Fsp3) is 0.214. The fourth-order valence-corrected chi connectivity index (χ4v) is 2.36. The second-order valence-electron chi connectivity index (χ2n) is 4.03. The number of nitrogens with zero attached hydrogens (tertiary/aromatic N) is 1. The number of benzene rings is 1. The van der Waals surface area contributed by atoms with E-state index in [0.717, 1.165) is 27.2 Å². The molecule has 18 heavy (non-hydrogen) atoms. The highest BCUT2D eigenvalue weighted by molar-refractivity contribution is 9.10. The second kappa shape index (κ2) is 6.32. The van der Waals surface area contributed by atoms with Gasteiger partial charge in [0.15, 0.2) is 0 Å². The molecule has 0 aliphatic carbocycles. The molecule has 1 N–H and O–H groups in total. The Labute approximate surface area is 121 Å². The van der Waals surface area contributed by atoms with Crippen molar-refractivity contribution in [1.29, 1.82) is 0 Å². The van der Waals surface area contributed by atoms with Gasteiger partial charge in [0.1, 0.15) is 0 Å². The minimum absolute atomic E-state index is 0.173. The molecule has 2 nitrogen and oxygen atoms in total. The van der Waals surface area contributed by atoms with Gasteiger partial charge in [0.05, 0.1) is 0 Å². The zero-order valence-corrected chi connectivity index (χ0v) is 12.4. The Balaban J connectivity index is 2.20. The van der Waals surface area contributed by atoms with Gasteiger partial charge in [-0.2, -0.15) is 0 Å². The molecule has 94 valence electrons. The first-order valence-corrected chi connectivity index (χ1v) is 6.90. The van der Waals surface area contributed by atoms with E-state index < -0.39 is 0 Å². The maximum atomic E-state index is 6.22. The number of hydrogen-bond acceptors (Lipinski definition) is 2. The number of aromatic nitrogens is 1. The smallest absolute Gasteiger partial charge is 0.0453 e. The summed E-state index contributed by atoms with van der Waals surface area (Å²) in [5, 5.41) is 4.07. The average Bonchev–Trinajstić information content (AvgIpc) is 2.39. The molecule has 1 aromatic heterocycles. The van der Waals surface area contributed by atoms with E-state index in [0.29, 0.717) is 0 Å².